The van der Waals surface area contributed by atoms with Gasteiger partial charge in [0.1, 0.15) is 5.15 Å². The van der Waals surface area contributed by atoms with Gasteiger partial charge in [-0.1, -0.05) is 45.4 Å². The van der Waals surface area contributed by atoms with Crippen molar-refractivity contribution < 1.29 is 12.8 Å². The van der Waals surface area contributed by atoms with Crippen molar-refractivity contribution in [1.29, 1.82) is 0 Å². The number of pyridine rings is 1. The maximum atomic E-state index is 11.6. The first-order chi connectivity index (χ1) is 15.1. The van der Waals surface area contributed by atoms with E-state index in [1.165, 1.54) is 11.8 Å². The molecule has 0 saturated carbocycles. The van der Waals surface area contributed by atoms with Gasteiger partial charge in [-0.2, -0.15) is 0 Å². The first-order valence-corrected chi connectivity index (χ1v) is 16.7. The molecule has 1 aliphatic rings. The summed E-state index contributed by atoms with van der Waals surface area (Å²) in [4.78, 5) is 6.56. The zero-order valence-corrected chi connectivity index (χ0v) is 23.6. The molecule has 1 fully saturated rings. The highest BCUT2D eigenvalue weighted by atomic mass is 35.5. The highest BCUT2D eigenvalue weighted by molar-refractivity contribution is 7.88. The van der Waals surface area contributed by atoms with Crippen molar-refractivity contribution in [2.24, 2.45) is 0 Å². The van der Waals surface area contributed by atoms with Crippen LogP contribution in [0, 0.1) is 0 Å². The van der Waals surface area contributed by atoms with E-state index in [1.54, 1.807) is 0 Å². The number of hydrogen-bond donors (Lipinski definition) is 1. The third-order valence-electron chi connectivity index (χ3n) is 7.37. The number of anilines is 1. The summed E-state index contributed by atoms with van der Waals surface area (Å²) in [6.45, 7) is 17.0. The molecule has 184 valence electrons. The molecule has 2 heterocycles. The summed E-state index contributed by atoms with van der Waals surface area (Å²) in [5, 5.41) is 2.80. The van der Waals surface area contributed by atoms with E-state index < -0.39 is 18.3 Å². The number of nitrogens with one attached hydrogen (secondary N) is 1. The van der Waals surface area contributed by atoms with Gasteiger partial charge in [-0.15, -0.1) is 0 Å². The fraction of sp³-hybridized carbons (Fsp3) is 0.625. The molecule has 1 saturated heterocycles. The zero-order valence-electron chi connectivity index (χ0n) is 21.1. The van der Waals surface area contributed by atoms with Crippen molar-refractivity contribution in [1.82, 2.24) is 9.71 Å². The molecule has 0 spiro atoms. The van der Waals surface area contributed by atoms with Gasteiger partial charge in [0.05, 0.1) is 12.3 Å². The van der Waals surface area contributed by atoms with E-state index in [1.807, 2.05) is 19.2 Å². The molecular weight excluding hydrogens is 474 g/mol. The minimum Gasteiger partial charge on any atom is -0.417 e. The van der Waals surface area contributed by atoms with Gasteiger partial charge in [0.25, 0.3) is 0 Å². The largest absolute Gasteiger partial charge is 0.417 e. The molecule has 6 nitrogen and oxygen atoms in total. The molecule has 1 unspecified atom stereocenters. The molecule has 1 aliphatic heterocycles. The normalized spacial score (nSPS) is 20.7. The molecule has 33 heavy (non-hydrogen) atoms. The number of fused-ring (bicyclic) bond motifs is 1. The highest BCUT2D eigenvalue weighted by Gasteiger charge is 2.38. The zero-order chi connectivity index (χ0) is 24.8. The molecule has 1 aromatic carbocycles. The van der Waals surface area contributed by atoms with E-state index in [0.29, 0.717) is 17.6 Å². The molecule has 1 aromatic heterocycles. The van der Waals surface area contributed by atoms with Crippen LogP contribution in [0.3, 0.4) is 0 Å². The number of halogens is 1. The molecular formula is C24H38ClN3O3SSi. The SMILES string of the molecule is CC(CCO[Si](C)(C)C(C)(C)C)c1ccc(N2C[C@H](NS(C)(=O)=O)[C@H]2C)c2cnc(Cl)cc12. The Kier molecular flexibility index (Phi) is 7.57. The Morgan fingerprint density at radius 2 is 1.97 bits per heavy atom. The number of benzene rings is 1. The van der Waals surface area contributed by atoms with Crippen LogP contribution in [0.1, 0.15) is 52.5 Å². The fourth-order valence-corrected chi connectivity index (χ4v) is 6.14. The van der Waals surface area contributed by atoms with Crippen molar-refractivity contribution >= 4 is 46.4 Å². The van der Waals surface area contributed by atoms with E-state index in [9.17, 15) is 8.42 Å². The second-order valence-corrected chi connectivity index (χ2v) is 17.9. The van der Waals surface area contributed by atoms with Gasteiger partial charge in [0, 0.05) is 36.5 Å². The Bertz CT molecular complexity index is 1120. The Morgan fingerprint density at radius 1 is 1.30 bits per heavy atom. The van der Waals surface area contributed by atoms with Crippen molar-refractivity contribution in [2.45, 2.75) is 77.2 Å². The topological polar surface area (TPSA) is 71.5 Å². The average Bonchev–Trinajstić information content (AvgIpc) is 2.68. The molecule has 1 N–H and O–H groups in total. The summed E-state index contributed by atoms with van der Waals surface area (Å²) in [5.74, 6) is 0.304. The minimum absolute atomic E-state index is 0.0554. The van der Waals surface area contributed by atoms with Gasteiger partial charge < -0.3 is 9.33 Å². The van der Waals surface area contributed by atoms with Crippen LogP contribution in [-0.4, -0.2) is 53.2 Å². The Balaban J connectivity index is 1.82. The second-order valence-electron chi connectivity index (χ2n) is 10.9. The maximum absolute atomic E-state index is 11.6. The van der Waals surface area contributed by atoms with Crippen LogP contribution in [0.2, 0.25) is 23.3 Å². The van der Waals surface area contributed by atoms with Gasteiger partial charge in [-0.3, -0.25) is 0 Å². The van der Waals surface area contributed by atoms with Crippen LogP contribution in [0.25, 0.3) is 10.8 Å². The minimum atomic E-state index is -3.23. The van der Waals surface area contributed by atoms with E-state index in [4.69, 9.17) is 16.0 Å². The molecule has 0 aliphatic carbocycles. The first-order valence-electron chi connectivity index (χ1n) is 11.6. The second kappa shape index (κ2) is 9.45. The van der Waals surface area contributed by atoms with Crippen LogP contribution in [-0.2, 0) is 14.4 Å². The number of nitrogens with zero attached hydrogens (tertiary/aromatic N) is 2. The van der Waals surface area contributed by atoms with Gasteiger partial charge in [0.15, 0.2) is 8.32 Å². The lowest BCUT2D eigenvalue weighted by molar-refractivity contribution is 0.274. The smallest absolute Gasteiger partial charge is 0.209 e. The monoisotopic (exact) mass is 511 g/mol. The van der Waals surface area contributed by atoms with Crippen LogP contribution in [0.15, 0.2) is 24.4 Å². The van der Waals surface area contributed by atoms with Crippen LogP contribution in [0.4, 0.5) is 5.69 Å². The lowest BCUT2D eigenvalue weighted by atomic mass is 9.90. The molecule has 9 heteroatoms. The molecule has 3 atom stereocenters. The Morgan fingerprint density at radius 3 is 2.55 bits per heavy atom. The lowest BCUT2D eigenvalue weighted by Crippen LogP contribution is -2.65. The number of rotatable bonds is 8. The molecule has 0 bridgehead atoms. The number of sulfonamides is 1. The third kappa shape index (κ3) is 5.90. The molecule has 0 radical (unpaired) electrons. The van der Waals surface area contributed by atoms with E-state index in [0.717, 1.165) is 29.5 Å². The van der Waals surface area contributed by atoms with E-state index >= 15 is 0 Å². The quantitative estimate of drug-likeness (QED) is 0.372. The number of aromatic nitrogens is 1. The highest BCUT2D eigenvalue weighted by Crippen LogP contribution is 2.39. The van der Waals surface area contributed by atoms with Gasteiger partial charge in [-0.05, 0) is 60.5 Å². The summed E-state index contributed by atoms with van der Waals surface area (Å²) in [6.07, 6.45) is 3.97. The summed E-state index contributed by atoms with van der Waals surface area (Å²) < 4.78 is 32.4. The maximum Gasteiger partial charge on any atom is 0.209 e. The van der Waals surface area contributed by atoms with Crippen LogP contribution >= 0.6 is 11.6 Å². The lowest BCUT2D eigenvalue weighted by Gasteiger charge is -2.48. The van der Waals surface area contributed by atoms with E-state index in [-0.39, 0.29) is 17.1 Å². The fourth-order valence-electron chi connectivity index (χ4n) is 4.10. The standard InChI is InChI=1S/C24H38ClN3O3SSi/c1-16(11-12-31-33(7,8)24(3,4)5)18-9-10-22(20-14-26-23(25)13-19(18)20)28-15-21(17(28)2)27-32(6,29)30/h9-10,13-14,16-17,21,27H,11-12,15H2,1-8H3/t16?,17-,21+/m1/s1. The van der Waals surface area contributed by atoms with Crippen molar-refractivity contribution in [3.63, 3.8) is 0 Å². The molecule has 0 amide bonds. The predicted molar refractivity (Wildman–Crippen MR) is 142 cm³/mol. The first kappa shape index (κ1) is 26.4. The van der Waals surface area contributed by atoms with Crippen LogP contribution < -0.4 is 9.62 Å². The number of hydrogen-bond acceptors (Lipinski definition) is 5. The molecule has 3 rings (SSSR count). The van der Waals surface area contributed by atoms with Gasteiger partial charge in [0.2, 0.25) is 10.0 Å². The summed E-state index contributed by atoms with van der Waals surface area (Å²) in [5.41, 5.74) is 2.29. The summed E-state index contributed by atoms with van der Waals surface area (Å²) >= 11 is 6.29. The van der Waals surface area contributed by atoms with Gasteiger partial charge >= 0.3 is 0 Å². The van der Waals surface area contributed by atoms with Crippen molar-refractivity contribution in [3.8, 4) is 0 Å². The predicted octanol–water partition coefficient (Wildman–Crippen LogP) is 5.53. The molecule has 2 aromatic rings. The van der Waals surface area contributed by atoms with Crippen molar-refractivity contribution in [2.75, 3.05) is 24.3 Å². The van der Waals surface area contributed by atoms with Gasteiger partial charge in [-0.25, -0.2) is 18.1 Å². The average molecular weight is 512 g/mol. The van der Waals surface area contributed by atoms with Crippen LogP contribution in [0.5, 0.6) is 0 Å². The van der Waals surface area contributed by atoms with E-state index in [2.05, 4.69) is 67.5 Å². The summed E-state index contributed by atoms with van der Waals surface area (Å²) in [7, 11) is -5.01. The Labute approximate surface area is 205 Å². The summed E-state index contributed by atoms with van der Waals surface area (Å²) in [6, 6.07) is 6.21. The van der Waals surface area contributed by atoms with Crippen molar-refractivity contribution in [3.05, 3.63) is 35.1 Å². The Hall–Kier alpha value is -1.19. The third-order valence-corrected chi connectivity index (χ3v) is 12.8.